The van der Waals surface area contributed by atoms with Crippen LogP contribution < -0.4 is 11.1 Å². The summed E-state index contributed by atoms with van der Waals surface area (Å²) in [6, 6.07) is 0.105. The van der Waals surface area contributed by atoms with Gasteiger partial charge in [-0.3, -0.25) is 9.59 Å². The van der Waals surface area contributed by atoms with Crippen molar-refractivity contribution < 1.29 is 14.3 Å². The fraction of sp³-hybridized carbons (Fsp3) is 0.909. The van der Waals surface area contributed by atoms with Gasteiger partial charge in [-0.25, -0.2) is 0 Å². The van der Waals surface area contributed by atoms with Crippen molar-refractivity contribution in [3.8, 4) is 0 Å². The van der Waals surface area contributed by atoms with Crippen molar-refractivity contribution in [3.05, 3.63) is 0 Å². The number of nitrogens with one attached hydrogen (secondary N) is 1. The number of hydrogen-bond donors (Lipinski definition) is 2. The molecule has 0 spiro atoms. The van der Waals surface area contributed by atoms with Crippen LogP contribution in [-0.4, -0.2) is 55.1 Å². The Bertz CT molecular complexity index is 506. The van der Waals surface area contributed by atoms with Gasteiger partial charge in [0.1, 0.15) is 0 Å². The molecule has 3 atom stereocenters. The molecule has 2 aliphatic carbocycles. The number of esters is 1. The smallest absolute Gasteiger partial charge is 0.312 e. The molecular weight excluding hydrogens is 425 g/mol. The molecule has 3 rings (SSSR count). The van der Waals surface area contributed by atoms with E-state index in [1.54, 1.807) is 0 Å². The molecule has 0 aromatic heterocycles. The largest absolute Gasteiger partial charge is 0.469 e. The molecule has 1 amide bonds. The normalized spacial score (nSPS) is 26.8. The van der Waals surface area contributed by atoms with Crippen molar-refractivity contribution in [2.75, 3.05) is 20.2 Å². The molecule has 0 bridgehead atoms. The minimum atomic E-state index is -0.410. The molecule has 0 aromatic rings. The summed E-state index contributed by atoms with van der Waals surface area (Å²) in [6.45, 7) is 1.03. The Morgan fingerprint density at radius 2 is 1.60 bits per heavy atom. The number of halogens is 2. The first-order valence-corrected chi connectivity index (χ1v) is 11.5. The van der Waals surface area contributed by atoms with Crippen LogP contribution in [0.5, 0.6) is 0 Å². The highest BCUT2D eigenvalue weighted by molar-refractivity contribution is 5.85. The first-order valence-electron chi connectivity index (χ1n) is 11.5. The highest BCUT2D eigenvalue weighted by Crippen LogP contribution is 2.29. The van der Waals surface area contributed by atoms with E-state index in [4.69, 9.17) is 10.5 Å². The lowest BCUT2D eigenvalue weighted by Crippen LogP contribution is -2.57. The fourth-order valence-corrected chi connectivity index (χ4v) is 5.34. The summed E-state index contributed by atoms with van der Waals surface area (Å²) in [5.74, 6) is 0.0981. The van der Waals surface area contributed by atoms with Crippen LogP contribution in [0.15, 0.2) is 0 Å². The summed E-state index contributed by atoms with van der Waals surface area (Å²) in [4.78, 5) is 27.4. The number of methoxy groups -OCH3 is 1. The summed E-state index contributed by atoms with van der Waals surface area (Å²) in [7, 11) is 1.40. The molecule has 1 saturated heterocycles. The fourth-order valence-electron chi connectivity index (χ4n) is 5.34. The maximum atomic E-state index is 13.5. The molecule has 1 heterocycles. The molecule has 3 N–H and O–H groups in total. The van der Waals surface area contributed by atoms with E-state index in [-0.39, 0.29) is 48.8 Å². The van der Waals surface area contributed by atoms with Gasteiger partial charge in [0.25, 0.3) is 0 Å². The Morgan fingerprint density at radius 3 is 2.20 bits per heavy atom. The maximum Gasteiger partial charge on any atom is 0.312 e. The van der Waals surface area contributed by atoms with E-state index < -0.39 is 5.92 Å². The van der Waals surface area contributed by atoms with Crippen LogP contribution in [-0.2, 0) is 14.3 Å². The SMILES string of the molecule is COC(=O)C1CN(C(=O)[C@@H](CC2CCCCC2)NC2CCCCC2)CCC1N.Cl.Cl. The highest BCUT2D eigenvalue weighted by atomic mass is 35.5. The summed E-state index contributed by atoms with van der Waals surface area (Å²) in [6.07, 6.45) is 14.1. The molecular formula is C22H41Cl2N3O3. The van der Waals surface area contributed by atoms with E-state index in [0.717, 1.165) is 6.42 Å². The average Bonchev–Trinajstić information content (AvgIpc) is 2.74. The Labute approximate surface area is 194 Å². The van der Waals surface area contributed by atoms with Crippen molar-refractivity contribution in [1.82, 2.24) is 10.2 Å². The van der Waals surface area contributed by atoms with E-state index in [0.29, 0.717) is 31.5 Å². The van der Waals surface area contributed by atoms with E-state index >= 15 is 0 Å². The van der Waals surface area contributed by atoms with Crippen LogP contribution in [0.4, 0.5) is 0 Å². The van der Waals surface area contributed by atoms with E-state index in [1.165, 1.54) is 71.3 Å². The van der Waals surface area contributed by atoms with E-state index in [1.807, 2.05) is 4.90 Å². The Hall–Kier alpha value is -0.560. The van der Waals surface area contributed by atoms with Gasteiger partial charge in [-0.05, 0) is 31.6 Å². The van der Waals surface area contributed by atoms with Crippen LogP contribution >= 0.6 is 24.8 Å². The maximum absolute atomic E-state index is 13.5. The van der Waals surface area contributed by atoms with Gasteiger partial charge in [-0.2, -0.15) is 0 Å². The first kappa shape index (κ1) is 27.5. The predicted octanol–water partition coefficient (Wildman–Crippen LogP) is 3.44. The number of ether oxygens (including phenoxy) is 1. The summed E-state index contributed by atoms with van der Waals surface area (Å²) in [5.41, 5.74) is 6.14. The van der Waals surface area contributed by atoms with E-state index in [2.05, 4.69) is 5.32 Å². The Morgan fingerprint density at radius 1 is 1.00 bits per heavy atom. The van der Waals surface area contributed by atoms with E-state index in [9.17, 15) is 9.59 Å². The van der Waals surface area contributed by atoms with Gasteiger partial charge in [0, 0.05) is 25.2 Å². The minimum Gasteiger partial charge on any atom is -0.469 e. The highest BCUT2D eigenvalue weighted by Gasteiger charge is 2.38. The number of amides is 1. The van der Waals surface area contributed by atoms with Crippen molar-refractivity contribution in [2.45, 2.75) is 95.2 Å². The van der Waals surface area contributed by atoms with Crippen LogP contribution in [0.2, 0.25) is 0 Å². The van der Waals surface area contributed by atoms with Crippen LogP contribution in [0.3, 0.4) is 0 Å². The van der Waals surface area contributed by atoms with Gasteiger partial charge < -0.3 is 20.7 Å². The molecule has 3 aliphatic rings. The topological polar surface area (TPSA) is 84.7 Å². The van der Waals surface area contributed by atoms with Crippen molar-refractivity contribution in [2.24, 2.45) is 17.6 Å². The number of nitrogens with zero attached hydrogens (tertiary/aromatic N) is 1. The van der Waals surface area contributed by atoms with Gasteiger partial charge in [0.05, 0.1) is 19.1 Å². The molecule has 8 heteroatoms. The molecule has 0 aromatic carbocycles. The van der Waals surface area contributed by atoms with Crippen LogP contribution in [0.1, 0.15) is 77.0 Å². The molecule has 3 fully saturated rings. The number of piperidine rings is 1. The third kappa shape index (κ3) is 7.54. The zero-order valence-corrected chi connectivity index (χ0v) is 20.0. The second-order valence-corrected chi connectivity index (χ2v) is 9.16. The van der Waals surface area contributed by atoms with Gasteiger partial charge in [-0.15, -0.1) is 24.8 Å². The van der Waals surface area contributed by atoms with Gasteiger partial charge in [0.15, 0.2) is 0 Å². The predicted molar refractivity (Wildman–Crippen MR) is 124 cm³/mol. The van der Waals surface area contributed by atoms with Gasteiger partial charge in [0.2, 0.25) is 5.91 Å². The molecule has 0 radical (unpaired) electrons. The number of nitrogens with two attached hydrogens (primary N) is 1. The van der Waals surface area contributed by atoms with Crippen molar-refractivity contribution >= 4 is 36.7 Å². The lowest BCUT2D eigenvalue weighted by atomic mass is 9.83. The number of hydrogen-bond acceptors (Lipinski definition) is 5. The summed E-state index contributed by atoms with van der Waals surface area (Å²) in [5, 5.41) is 3.73. The second kappa shape index (κ2) is 13.8. The van der Waals surface area contributed by atoms with Gasteiger partial charge >= 0.3 is 5.97 Å². The minimum absolute atomic E-state index is 0. The zero-order valence-electron chi connectivity index (χ0n) is 18.4. The first-order chi connectivity index (χ1) is 13.6. The zero-order chi connectivity index (χ0) is 19.9. The van der Waals surface area contributed by atoms with Gasteiger partial charge in [-0.1, -0.05) is 51.4 Å². The number of carbonyl (C=O) groups excluding carboxylic acids is 2. The number of likely N-dealkylation sites (tertiary alicyclic amines) is 1. The molecule has 30 heavy (non-hydrogen) atoms. The van der Waals surface area contributed by atoms with Crippen LogP contribution in [0.25, 0.3) is 0 Å². The molecule has 1 aliphatic heterocycles. The van der Waals surface area contributed by atoms with Crippen molar-refractivity contribution in [1.29, 1.82) is 0 Å². The molecule has 2 saturated carbocycles. The lowest BCUT2D eigenvalue weighted by molar-refractivity contribution is -0.150. The summed E-state index contributed by atoms with van der Waals surface area (Å²) >= 11 is 0. The number of carbonyl (C=O) groups is 2. The second-order valence-electron chi connectivity index (χ2n) is 9.16. The Balaban J connectivity index is 0.00000225. The number of rotatable bonds is 6. The summed E-state index contributed by atoms with van der Waals surface area (Å²) < 4.78 is 4.92. The third-order valence-corrected chi connectivity index (χ3v) is 7.12. The quantitative estimate of drug-likeness (QED) is 0.586. The third-order valence-electron chi connectivity index (χ3n) is 7.12. The standard InChI is InChI=1S/C22H39N3O3.2ClH/c1-28-22(27)18-15-25(13-12-19(18)23)21(26)20(14-16-8-4-2-5-9-16)24-17-10-6-3-7-11-17;;/h16-20,24H,2-15,23H2,1H3;2*1H/t18?,19?,20-;;/m1../s1. The monoisotopic (exact) mass is 465 g/mol. The van der Waals surface area contributed by atoms with Crippen LogP contribution in [0, 0.1) is 11.8 Å². The molecule has 176 valence electrons. The molecule has 6 nitrogen and oxygen atoms in total. The van der Waals surface area contributed by atoms with Crippen molar-refractivity contribution in [3.63, 3.8) is 0 Å². The molecule has 2 unspecified atom stereocenters. The lowest BCUT2D eigenvalue weighted by Gasteiger charge is -2.39. The average molecular weight is 466 g/mol. The Kier molecular flexibility index (Phi) is 12.6.